The summed E-state index contributed by atoms with van der Waals surface area (Å²) < 4.78 is 0. The minimum atomic E-state index is 0.236. The zero-order chi connectivity index (χ0) is 54.3. The molecule has 398 valence electrons. The van der Waals surface area contributed by atoms with Gasteiger partial charge in [0.15, 0.2) is 23.3 Å². The molecule has 0 aliphatic carbocycles. The fourth-order valence-corrected chi connectivity index (χ4v) is 13.5. The Balaban J connectivity index is 0.0000000934. The number of nitrogens with zero attached hydrogens (tertiary/aromatic N) is 16. The third kappa shape index (κ3) is 7.71. The molecule has 4 atom stereocenters. The maximum atomic E-state index is 4.58. The van der Waals surface area contributed by atoms with E-state index in [4.69, 9.17) is 0 Å². The monoisotopic (exact) mass is 1060 g/mol. The highest BCUT2D eigenvalue weighted by atomic mass is 15.5. The van der Waals surface area contributed by atoms with Crippen molar-refractivity contribution in [1.82, 2.24) is 39.9 Å². The Morgan fingerprint density at radius 3 is 1.21 bits per heavy atom. The molecule has 8 aliphatic heterocycles. The van der Waals surface area contributed by atoms with Crippen LogP contribution >= 0.6 is 0 Å². The van der Waals surface area contributed by atoms with Gasteiger partial charge >= 0.3 is 0 Å². The second kappa shape index (κ2) is 19.4. The molecular weight excluding hydrogens is 1000 g/mol. The zero-order valence-corrected chi connectivity index (χ0v) is 45.4. The molecule has 0 fully saturated rings. The van der Waals surface area contributed by atoms with Gasteiger partial charge in [-0.2, -0.15) is 0 Å². The first-order chi connectivity index (χ1) is 39.9. The summed E-state index contributed by atoms with van der Waals surface area (Å²) in [5.74, 6) is 4.06. The van der Waals surface area contributed by atoms with Crippen molar-refractivity contribution >= 4 is 80.1 Å². The summed E-state index contributed by atoms with van der Waals surface area (Å²) in [7, 11) is 2.11. The number of hydrogen-bond acceptors (Lipinski definition) is 16. The third-order valence-corrected chi connectivity index (χ3v) is 16.9. The second-order valence-corrected chi connectivity index (χ2v) is 21.6. The summed E-state index contributed by atoms with van der Waals surface area (Å²) in [6.07, 6.45) is 19.4. The minimum Gasteiger partial charge on any atom is -0.349 e. The number of aryl methyl sites for hydroxylation is 1. The van der Waals surface area contributed by atoms with Gasteiger partial charge in [-0.1, -0.05) is 109 Å². The van der Waals surface area contributed by atoms with Crippen molar-refractivity contribution in [2.45, 2.75) is 77.2 Å². The van der Waals surface area contributed by atoms with Crippen LogP contribution in [0.15, 0.2) is 202 Å². The number of benzene rings is 6. The number of aromatic nitrogens is 8. The maximum Gasteiger partial charge on any atom is 0.162 e. The van der Waals surface area contributed by atoms with Gasteiger partial charge in [0.1, 0.15) is 72.7 Å². The largest absolute Gasteiger partial charge is 0.349 e. The van der Waals surface area contributed by atoms with E-state index in [0.717, 1.165) is 71.7 Å². The first-order valence-corrected chi connectivity index (χ1v) is 27.8. The number of hydrogen-bond donors (Lipinski definition) is 0. The maximum absolute atomic E-state index is 4.58. The molecule has 8 aliphatic rings. The van der Waals surface area contributed by atoms with E-state index in [2.05, 4.69) is 252 Å². The lowest BCUT2D eigenvalue weighted by Gasteiger charge is -2.30. The van der Waals surface area contributed by atoms with E-state index >= 15 is 0 Å². The lowest BCUT2D eigenvalue weighted by Crippen LogP contribution is -2.43. The fourth-order valence-electron chi connectivity index (χ4n) is 13.5. The van der Waals surface area contributed by atoms with Crippen LogP contribution in [0.25, 0.3) is 0 Å². The first kappa shape index (κ1) is 48.2. The lowest BCUT2D eigenvalue weighted by molar-refractivity contribution is 0.588. The molecule has 6 aromatic carbocycles. The van der Waals surface area contributed by atoms with Gasteiger partial charge in [0.05, 0.1) is 24.8 Å². The number of rotatable bonds is 3. The van der Waals surface area contributed by atoms with Gasteiger partial charge in [0, 0.05) is 72.9 Å². The molecule has 0 amide bonds. The van der Waals surface area contributed by atoms with Crippen molar-refractivity contribution in [3.05, 3.63) is 230 Å². The van der Waals surface area contributed by atoms with Gasteiger partial charge in [0.2, 0.25) is 0 Å². The molecule has 0 saturated carbocycles. The van der Waals surface area contributed by atoms with Gasteiger partial charge in [0.25, 0.3) is 0 Å². The molecule has 0 radical (unpaired) electrons. The van der Waals surface area contributed by atoms with Crippen LogP contribution in [0.1, 0.15) is 41.7 Å². The Labute approximate surface area is 470 Å². The molecule has 16 heteroatoms. The average molecular weight is 1060 g/mol. The van der Waals surface area contributed by atoms with E-state index in [1.54, 1.807) is 25.3 Å². The predicted octanol–water partition coefficient (Wildman–Crippen LogP) is 12.3. The van der Waals surface area contributed by atoms with Crippen LogP contribution < -0.4 is 39.2 Å². The van der Waals surface area contributed by atoms with Crippen LogP contribution in [0.3, 0.4) is 0 Å². The fraction of sp³-hybridized carbons (Fsp3) is 0.200. The van der Waals surface area contributed by atoms with E-state index in [9.17, 15) is 0 Å². The van der Waals surface area contributed by atoms with Crippen LogP contribution in [0.5, 0.6) is 0 Å². The smallest absolute Gasteiger partial charge is 0.162 e. The molecule has 0 saturated heterocycles. The average Bonchev–Trinajstić information content (AvgIpc) is 4.55. The van der Waals surface area contributed by atoms with Crippen molar-refractivity contribution in [2.75, 3.05) is 46.2 Å². The Kier molecular flexibility index (Phi) is 11.6. The summed E-state index contributed by atoms with van der Waals surface area (Å²) in [5.41, 5.74) is 18.7. The molecule has 81 heavy (non-hydrogen) atoms. The SMILES string of the molecule is CC(C)N1c2cncnc2N2c3ccccc3CC21.CN1c2cncnc2N2c3ccccc3CC12.Cc1ccccc1N1c2cncnc2N2c3ccccc3CC12.c1ccc(N2c3cncnc3N3c4ccccc4CC23)cc1. The number of fused-ring (bicyclic) bond motifs is 20. The highest BCUT2D eigenvalue weighted by molar-refractivity contribution is 5.91. The standard InChI is InChI=1S/C19H16N4.C18H14N4.C15H16N4.C13H12N4/c1-13-6-2-4-8-15(13)22-17-11-20-12-21-19(17)23-16-9-5-3-7-14(16)10-18(22)23;1-2-7-14(8-3-1)21-16-11-19-12-20-18(16)22-15-9-5-4-6-13(15)10-17(21)22;1-10(2)18-13-8-16-9-17-15(13)19-12-6-4-3-5-11(12)7-14(18)19;1-16-11-7-14-8-15-13(11)17-10-5-3-2-4-9(10)6-12(16)17/h2-9,11-12,18H,10H2,1H3;1-9,11-12,17H,10H2;3-6,8-10,14H,7H2,1-2H3;2-5,7-8,12H,6H2,1H3. The molecule has 0 bridgehead atoms. The van der Waals surface area contributed by atoms with Gasteiger partial charge in [-0.25, -0.2) is 39.9 Å². The number of anilines is 14. The van der Waals surface area contributed by atoms with Crippen LogP contribution in [0.2, 0.25) is 0 Å². The molecule has 18 rings (SSSR count). The van der Waals surface area contributed by atoms with E-state index in [1.807, 2.05) is 30.9 Å². The van der Waals surface area contributed by atoms with Crippen molar-refractivity contribution in [3.63, 3.8) is 0 Å². The van der Waals surface area contributed by atoms with Crippen LogP contribution in [0.4, 0.5) is 80.1 Å². The van der Waals surface area contributed by atoms with Crippen LogP contribution in [0, 0.1) is 6.92 Å². The van der Waals surface area contributed by atoms with Gasteiger partial charge in [-0.05, 0) is 91.1 Å². The Bertz CT molecular complexity index is 3990. The van der Waals surface area contributed by atoms with Crippen LogP contribution in [-0.4, -0.2) is 77.6 Å². The predicted molar refractivity (Wildman–Crippen MR) is 320 cm³/mol. The van der Waals surface area contributed by atoms with Crippen LogP contribution in [-0.2, 0) is 25.7 Å². The van der Waals surface area contributed by atoms with Gasteiger partial charge < -0.3 is 39.2 Å². The third-order valence-electron chi connectivity index (χ3n) is 16.9. The van der Waals surface area contributed by atoms with E-state index in [-0.39, 0.29) is 12.3 Å². The van der Waals surface area contributed by atoms with Crippen molar-refractivity contribution < 1.29 is 0 Å². The highest BCUT2D eigenvalue weighted by Gasteiger charge is 2.47. The number of para-hydroxylation sites is 6. The Morgan fingerprint density at radius 1 is 0.346 bits per heavy atom. The van der Waals surface area contributed by atoms with Gasteiger partial charge in [-0.15, -0.1) is 0 Å². The summed E-state index contributed by atoms with van der Waals surface area (Å²) in [4.78, 5) is 53.6. The molecule has 10 aromatic rings. The quantitative estimate of drug-likeness (QED) is 0.166. The van der Waals surface area contributed by atoms with Gasteiger partial charge in [-0.3, -0.25) is 0 Å². The van der Waals surface area contributed by atoms with Crippen molar-refractivity contribution in [3.8, 4) is 0 Å². The first-order valence-electron chi connectivity index (χ1n) is 27.8. The van der Waals surface area contributed by atoms with E-state index < -0.39 is 0 Å². The normalized spacial score (nSPS) is 18.8. The summed E-state index contributed by atoms with van der Waals surface area (Å²) >= 11 is 0. The Hall–Kier alpha value is -9.96. The summed E-state index contributed by atoms with van der Waals surface area (Å²) in [5, 5.41) is 0. The molecule has 4 unspecified atom stereocenters. The topological polar surface area (TPSA) is 129 Å². The zero-order valence-electron chi connectivity index (χ0n) is 45.4. The molecule has 0 N–H and O–H groups in total. The molecule has 4 aromatic heterocycles. The van der Waals surface area contributed by atoms with E-state index in [1.165, 1.54) is 61.9 Å². The summed E-state index contributed by atoms with van der Waals surface area (Å²) in [6, 6.07) is 53.8. The highest BCUT2D eigenvalue weighted by Crippen LogP contribution is 2.54. The van der Waals surface area contributed by atoms with Crippen molar-refractivity contribution in [2.24, 2.45) is 0 Å². The molecule has 12 heterocycles. The van der Waals surface area contributed by atoms with Crippen molar-refractivity contribution in [1.29, 1.82) is 0 Å². The van der Waals surface area contributed by atoms with E-state index in [0.29, 0.717) is 18.4 Å². The second-order valence-electron chi connectivity index (χ2n) is 21.6. The molecular formula is C65H58N16. The Morgan fingerprint density at radius 2 is 0.704 bits per heavy atom. The molecule has 16 nitrogen and oxygen atoms in total. The molecule has 0 spiro atoms. The minimum absolute atomic E-state index is 0.236. The number of likely N-dealkylation sites (N-methyl/N-ethyl adjacent to an activating group) is 1. The summed E-state index contributed by atoms with van der Waals surface area (Å²) in [6.45, 7) is 6.61. The lowest BCUT2D eigenvalue weighted by atomic mass is 10.1.